The summed E-state index contributed by atoms with van der Waals surface area (Å²) in [6.45, 7) is 4.33. The van der Waals surface area contributed by atoms with E-state index in [4.69, 9.17) is 5.11 Å². The molecule has 3 heteroatoms. The Kier molecular flexibility index (Phi) is 14.0. The minimum absolute atomic E-state index is 0.616. The fourth-order valence-corrected chi connectivity index (χ4v) is 0. The first-order chi connectivity index (χ1) is 4.18. The van der Waals surface area contributed by atoms with Crippen molar-refractivity contribution < 1.29 is 14.6 Å². The Morgan fingerprint density at radius 3 is 1.67 bits per heavy atom. The van der Waals surface area contributed by atoms with E-state index in [1.165, 1.54) is 7.11 Å². The van der Waals surface area contributed by atoms with Crippen LogP contribution in [0.4, 0.5) is 0 Å². The maximum atomic E-state index is 8.14. The van der Waals surface area contributed by atoms with Crippen LogP contribution >= 0.6 is 0 Å². The molecular weight excluding hydrogens is 120 g/mol. The van der Waals surface area contributed by atoms with E-state index in [9.17, 15) is 0 Å². The number of ether oxygens (including phenoxy) is 2. The fraction of sp³-hybridized carbons (Fsp3) is 1.00. The second-order valence-corrected chi connectivity index (χ2v) is 1.41. The highest BCUT2D eigenvalue weighted by Gasteiger charge is 1.80. The van der Waals surface area contributed by atoms with Gasteiger partial charge in [-0.2, -0.15) is 0 Å². The molecular formula is C6H16O3. The summed E-state index contributed by atoms with van der Waals surface area (Å²) < 4.78 is 8.85. The average Bonchev–Trinajstić information content (AvgIpc) is 1.89. The number of hydrogen-bond donors (Lipinski definition) is 1. The minimum atomic E-state index is -0.616. The van der Waals surface area contributed by atoms with Gasteiger partial charge >= 0.3 is 0 Å². The van der Waals surface area contributed by atoms with Gasteiger partial charge in [-0.05, 0) is 13.8 Å². The van der Waals surface area contributed by atoms with Crippen LogP contribution in [0.3, 0.4) is 0 Å². The highest BCUT2D eigenvalue weighted by Crippen LogP contribution is 1.72. The van der Waals surface area contributed by atoms with E-state index in [0.29, 0.717) is 0 Å². The molecule has 0 rings (SSSR count). The van der Waals surface area contributed by atoms with E-state index >= 15 is 0 Å². The molecule has 0 heterocycles. The summed E-state index contributed by atoms with van der Waals surface area (Å²) >= 11 is 0. The van der Waals surface area contributed by atoms with Crippen molar-refractivity contribution in [3.05, 3.63) is 0 Å². The van der Waals surface area contributed by atoms with Gasteiger partial charge in [0, 0.05) is 20.8 Å². The van der Waals surface area contributed by atoms with Crippen molar-refractivity contribution >= 4 is 0 Å². The molecule has 58 valence electrons. The van der Waals surface area contributed by atoms with E-state index in [0.717, 1.165) is 6.61 Å². The van der Waals surface area contributed by atoms with Gasteiger partial charge in [0.05, 0.1) is 0 Å². The molecule has 0 aliphatic carbocycles. The Hall–Kier alpha value is -0.120. The lowest BCUT2D eigenvalue weighted by molar-refractivity contribution is -0.0583. The molecule has 0 fully saturated rings. The molecule has 9 heavy (non-hydrogen) atoms. The number of aliphatic hydroxyl groups is 1. The topological polar surface area (TPSA) is 38.7 Å². The minimum Gasteiger partial charge on any atom is -0.385 e. The predicted molar refractivity (Wildman–Crippen MR) is 36.2 cm³/mol. The number of aliphatic hydroxyl groups excluding tert-OH is 1. The molecule has 0 aromatic rings. The van der Waals surface area contributed by atoms with Gasteiger partial charge in [0.15, 0.2) is 6.29 Å². The maximum Gasteiger partial charge on any atom is 0.151 e. The molecule has 0 spiro atoms. The molecule has 1 N–H and O–H groups in total. The van der Waals surface area contributed by atoms with E-state index in [1.807, 2.05) is 6.92 Å². The summed E-state index contributed by atoms with van der Waals surface area (Å²) in [5.41, 5.74) is 0. The van der Waals surface area contributed by atoms with Crippen molar-refractivity contribution in [2.24, 2.45) is 0 Å². The molecule has 0 radical (unpaired) electrons. The van der Waals surface area contributed by atoms with Gasteiger partial charge in [0.25, 0.3) is 0 Å². The standard InChI is InChI=1S/C3H8O2.C3H8O/c1-3(4)5-2;1-3-4-2/h3-4H,1-2H3;3H2,1-2H3. The number of hydrogen-bond acceptors (Lipinski definition) is 3. The average molecular weight is 136 g/mol. The van der Waals surface area contributed by atoms with Crippen molar-refractivity contribution in [2.75, 3.05) is 20.8 Å². The lowest BCUT2D eigenvalue weighted by Gasteiger charge is -1.94. The van der Waals surface area contributed by atoms with Crippen molar-refractivity contribution in [1.29, 1.82) is 0 Å². The van der Waals surface area contributed by atoms with Gasteiger partial charge in [-0.3, -0.25) is 0 Å². The molecule has 0 aliphatic heterocycles. The molecule has 1 atom stereocenters. The lowest BCUT2D eigenvalue weighted by atomic mass is 10.8. The summed E-state index contributed by atoms with van der Waals surface area (Å²) in [6, 6.07) is 0. The maximum absolute atomic E-state index is 8.14. The zero-order chi connectivity index (χ0) is 7.70. The first kappa shape index (κ1) is 11.6. The van der Waals surface area contributed by atoms with Crippen LogP contribution in [0.2, 0.25) is 0 Å². The van der Waals surface area contributed by atoms with Crippen LogP contribution in [-0.4, -0.2) is 32.2 Å². The lowest BCUT2D eigenvalue weighted by Crippen LogP contribution is -1.99. The van der Waals surface area contributed by atoms with Gasteiger partial charge in [0.1, 0.15) is 0 Å². The molecule has 0 bridgehead atoms. The summed E-state index contributed by atoms with van der Waals surface area (Å²) in [5, 5.41) is 8.14. The first-order valence-corrected chi connectivity index (χ1v) is 2.88. The second-order valence-electron chi connectivity index (χ2n) is 1.41. The van der Waals surface area contributed by atoms with Crippen LogP contribution in [0.5, 0.6) is 0 Å². The van der Waals surface area contributed by atoms with Gasteiger partial charge in [-0.15, -0.1) is 0 Å². The monoisotopic (exact) mass is 136 g/mol. The van der Waals surface area contributed by atoms with Gasteiger partial charge in [0.2, 0.25) is 0 Å². The number of rotatable bonds is 2. The van der Waals surface area contributed by atoms with E-state index < -0.39 is 6.29 Å². The molecule has 3 nitrogen and oxygen atoms in total. The first-order valence-electron chi connectivity index (χ1n) is 2.88. The SMILES string of the molecule is CCOC.COC(C)O. The Morgan fingerprint density at radius 2 is 1.67 bits per heavy atom. The normalized spacial score (nSPS) is 11.7. The van der Waals surface area contributed by atoms with Gasteiger partial charge in [-0.1, -0.05) is 0 Å². The summed E-state index contributed by atoms with van der Waals surface area (Å²) in [6.07, 6.45) is -0.616. The third-order valence-electron chi connectivity index (χ3n) is 0.630. The summed E-state index contributed by atoms with van der Waals surface area (Å²) in [7, 11) is 3.13. The number of methoxy groups -OCH3 is 2. The smallest absolute Gasteiger partial charge is 0.151 e. The molecule has 0 saturated carbocycles. The van der Waals surface area contributed by atoms with E-state index in [2.05, 4.69) is 9.47 Å². The van der Waals surface area contributed by atoms with Crippen LogP contribution in [-0.2, 0) is 9.47 Å². The molecule has 0 amide bonds. The molecule has 0 aromatic carbocycles. The Labute approximate surface area is 56.6 Å². The Balaban J connectivity index is 0. The second kappa shape index (κ2) is 10.8. The Morgan fingerprint density at radius 1 is 1.44 bits per heavy atom. The van der Waals surface area contributed by atoms with Crippen molar-refractivity contribution in [1.82, 2.24) is 0 Å². The largest absolute Gasteiger partial charge is 0.385 e. The van der Waals surface area contributed by atoms with Crippen molar-refractivity contribution in [3.63, 3.8) is 0 Å². The molecule has 0 aliphatic rings. The van der Waals surface area contributed by atoms with Crippen LogP contribution in [0, 0.1) is 0 Å². The van der Waals surface area contributed by atoms with E-state index in [1.54, 1.807) is 14.0 Å². The highest BCUT2D eigenvalue weighted by atomic mass is 16.6. The summed E-state index contributed by atoms with van der Waals surface area (Å²) in [4.78, 5) is 0. The third kappa shape index (κ3) is 32.8. The molecule has 0 saturated heterocycles. The zero-order valence-corrected chi connectivity index (χ0v) is 6.55. The van der Waals surface area contributed by atoms with Gasteiger partial charge < -0.3 is 14.6 Å². The fourth-order valence-electron chi connectivity index (χ4n) is 0. The highest BCUT2D eigenvalue weighted by molar-refractivity contribution is 4.10. The third-order valence-corrected chi connectivity index (χ3v) is 0.630. The van der Waals surface area contributed by atoms with Crippen molar-refractivity contribution in [3.8, 4) is 0 Å². The predicted octanol–water partition coefficient (Wildman–Crippen LogP) is 0.624. The van der Waals surface area contributed by atoms with Gasteiger partial charge in [-0.25, -0.2) is 0 Å². The quantitative estimate of drug-likeness (QED) is 0.566. The summed E-state index contributed by atoms with van der Waals surface area (Å²) in [5.74, 6) is 0. The molecule has 1 unspecified atom stereocenters. The van der Waals surface area contributed by atoms with Crippen LogP contribution in [0.15, 0.2) is 0 Å². The Bertz CT molecular complexity index is 35.3. The van der Waals surface area contributed by atoms with Crippen LogP contribution in [0.25, 0.3) is 0 Å². The van der Waals surface area contributed by atoms with Crippen molar-refractivity contribution in [2.45, 2.75) is 20.1 Å². The van der Waals surface area contributed by atoms with E-state index in [-0.39, 0.29) is 0 Å². The van der Waals surface area contributed by atoms with Crippen LogP contribution in [0.1, 0.15) is 13.8 Å². The molecule has 0 aromatic heterocycles. The zero-order valence-electron chi connectivity index (χ0n) is 6.55. The van der Waals surface area contributed by atoms with Crippen LogP contribution < -0.4 is 0 Å².